The van der Waals surface area contributed by atoms with Gasteiger partial charge in [-0.25, -0.2) is 0 Å². The van der Waals surface area contributed by atoms with Gasteiger partial charge in [0.05, 0.1) is 0 Å². The average molecular weight is 280 g/mol. The molecule has 0 fully saturated rings. The SMILES string of the molecule is CN(C)Cc1cccc2c1Cc1c(CN(C)C)cccc1-2. The molecule has 0 bridgehead atoms. The Morgan fingerprint density at radius 2 is 1.14 bits per heavy atom. The summed E-state index contributed by atoms with van der Waals surface area (Å²) in [5.41, 5.74) is 8.84. The Morgan fingerprint density at radius 3 is 1.52 bits per heavy atom. The molecule has 0 N–H and O–H groups in total. The third-order valence-electron chi connectivity index (χ3n) is 4.16. The molecule has 0 aromatic heterocycles. The van der Waals surface area contributed by atoms with Crippen LogP contribution in [0.15, 0.2) is 36.4 Å². The zero-order chi connectivity index (χ0) is 15.0. The monoisotopic (exact) mass is 280 g/mol. The van der Waals surface area contributed by atoms with Gasteiger partial charge in [0.1, 0.15) is 0 Å². The van der Waals surface area contributed by atoms with Crippen LogP contribution in [0.1, 0.15) is 22.3 Å². The van der Waals surface area contributed by atoms with E-state index in [1.165, 1.54) is 33.4 Å². The van der Waals surface area contributed by atoms with Crippen molar-refractivity contribution in [2.45, 2.75) is 19.5 Å². The van der Waals surface area contributed by atoms with Gasteiger partial charge < -0.3 is 9.80 Å². The Balaban J connectivity index is 2.05. The first-order chi connectivity index (χ1) is 10.1. The Morgan fingerprint density at radius 1 is 0.714 bits per heavy atom. The van der Waals surface area contributed by atoms with Gasteiger partial charge in [0.25, 0.3) is 0 Å². The lowest BCUT2D eigenvalue weighted by molar-refractivity contribution is 0.400. The topological polar surface area (TPSA) is 6.48 Å². The van der Waals surface area contributed by atoms with Gasteiger partial charge in [-0.2, -0.15) is 0 Å². The number of rotatable bonds is 4. The molecule has 0 aliphatic heterocycles. The van der Waals surface area contributed by atoms with Crippen LogP contribution in [-0.4, -0.2) is 38.0 Å². The highest BCUT2D eigenvalue weighted by molar-refractivity contribution is 5.79. The lowest BCUT2D eigenvalue weighted by Crippen LogP contribution is -2.13. The molecule has 0 atom stereocenters. The molecule has 2 nitrogen and oxygen atoms in total. The third kappa shape index (κ3) is 2.74. The molecule has 0 saturated carbocycles. The van der Waals surface area contributed by atoms with E-state index in [2.05, 4.69) is 74.4 Å². The van der Waals surface area contributed by atoms with Crippen molar-refractivity contribution in [1.82, 2.24) is 9.80 Å². The fraction of sp³-hybridized carbons (Fsp3) is 0.368. The van der Waals surface area contributed by atoms with E-state index in [-0.39, 0.29) is 0 Å². The molecule has 0 radical (unpaired) electrons. The summed E-state index contributed by atoms with van der Waals surface area (Å²) in [4.78, 5) is 4.50. The van der Waals surface area contributed by atoms with Crippen molar-refractivity contribution in [1.29, 1.82) is 0 Å². The van der Waals surface area contributed by atoms with Crippen molar-refractivity contribution < 1.29 is 0 Å². The summed E-state index contributed by atoms with van der Waals surface area (Å²) in [5, 5.41) is 0. The van der Waals surface area contributed by atoms with Crippen molar-refractivity contribution in [2.75, 3.05) is 28.2 Å². The minimum Gasteiger partial charge on any atom is -0.305 e. The van der Waals surface area contributed by atoms with Crippen LogP contribution in [0, 0.1) is 0 Å². The van der Waals surface area contributed by atoms with E-state index in [0.29, 0.717) is 0 Å². The average Bonchev–Trinajstić information content (AvgIpc) is 2.79. The maximum atomic E-state index is 2.28. The molecule has 0 spiro atoms. The first-order valence-electron chi connectivity index (χ1n) is 7.57. The van der Waals surface area contributed by atoms with E-state index < -0.39 is 0 Å². The second-order valence-corrected chi connectivity index (χ2v) is 6.54. The Bertz CT molecular complexity index is 599. The molecule has 1 aliphatic carbocycles. The summed E-state index contributed by atoms with van der Waals surface area (Å²) in [6, 6.07) is 13.5. The number of benzene rings is 2. The molecule has 2 aromatic carbocycles. The van der Waals surface area contributed by atoms with E-state index in [4.69, 9.17) is 0 Å². The summed E-state index contributed by atoms with van der Waals surface area (Å²) < 4.78 is 0. The standard InChI is InChI=1S/C19H24N2/c1-20(2)12-14-7-5-9-16-17-10-6-8-15(13-21(3)4)19(17)11-18(14)16/h5-10H,11-13H2,1-4H3. The van der Waals surface area contributed by atoms with Gasteiger partial charge in [-0.05, 0) is 68.0 Å². The molecule has 0 saturated heterocycles. The zero-order valence-corrected chi connectivity index (χ0v) is 13.5. The largest absolute Gasteiger partial charge is 0.305 e. The van der Waals surface area contributed by atoms with Crippen LogP contribution in [0.3, 0.4) is 0 Å². The highest BCUT2D eigenvalue weighted by atomic mass is 15.1. The van der Waals surface area contributed by atoms with E-state index in [9.17, 15) is 0 Å². The Labute approximate surface area is 128 Å². The molecular formula is C19H24N2. The summed E-state index contributed by atoms with van der Waals surface area (Å²) in [7, 11) is 8.55. The number of hydrogen-bond acceptors (Lipinski definition) is 2. The second-order valence-electron chi connectivity index (χ2n) is 6.54. The molecule has 110 valence electrons. The van der Waals surface area contributed by atoms with Crippen molar-refractivity contribution in [3.8, 4) is 11.1 Å². The van der Waals surface area contributed by atoms with Crippen molar-refractivity contribution in [2.24, 2.45) is 0 Å². The van der Waals surface area contributed by atoms with Gasteiger partial charge in [-0.15, -0.1) is 0 Å². The van der Waals surface area contributed by atoms with Crippen molar-refractivity contribution in [3.05, 3.63) is 58.7 Å². The number of hydrogen-bond donors (Lipinski definition) is 0. The normalized spacial score (nSPS) is 12.9. The molecule has 0 heterocycles. The van der Waals surface area contributed by atoms with Gasteiger partial charge >= 0.3 is 0 Å². The third-order valence-corrected chi connectivity index (χ3v) is 4.16. The van der Waals surface area contributed by atoms with E-state index in [1.807, 2.05) is 0 Å². The first-order valence-corrected chi connectivity index (χ1v) is 7.57. The van der Waals surface area contributed by atoms with Crippen molar-refractivity contribution in [3.63, 3.8) is 0 Å². The van der Waals surface area contributed by atoms with Gasteiger partial charge in [0.15, 0.2) is 0 Å². The molecule has 21 heavy (non-hydrogen) atoms. The predicted octanol–water partition coefficient (Wildman–Crippen LogP) is 3.38. The molecule has 2 aromatic rings. The minimum absolute atomic E-state index is 1.01. The fourth-order valence-electron chi connectivity index (χ4n) is 3.35. The Kier molecular flexibility index (Phi) is 3.83. The Hall–Kier alpha value is -1.64. The van der Waals surface area contributed by atoms with Gasteiger partial charge in [-0.3, -0.25) is 0 Å². The predicted molar refractivity (Wildman–Crippen MR) is 89.5 cm³/mol. The maximum Gasteiger partial charge on any atom is 0.0230 e. The highest BCUT2D eigenvalue weighted by Gasteiger charge is 2.23. The van der Waals surface area contributed by atoms with Crippen LogP contribution >= 0.6 is 0 Å². The number of fused-ring (bicyclic) bond motifs is 3. The van der Waals surface area contributed by atoms with E-state index in [1.54, 1.807) is 0 Å². The summed E-state index contributed by atoms with van der Waals surface area (Å²) in [6.45, 7) is 2.03. The van der Waals surface area contributed by atoms with E-state index >= 15 is 0 Å². The quantitative estimate of drug-likeness (QED) is 0.723. The number of nitrogens with zero attached hydrogens (tertiary/aromatic N) is 2. The van der Waals surface area contributed by atoms with Crippen LogP contribution in [0.2, 0.25) is 0 Å². The summed E-state index contributed by atoms with van der Waals surface area (Å²) in [6.07, 6.45) is 1.08. The molecule has 2 heteroatoms. The maximum absolute atomic E-state index is 2.28. The smallest absolute Gasteiger partial charge is 0.0230 e. The van der Waals surface area contributed by atoms with Gasteiger partial charge in [0, 0.05) is 13.1 Å². The summed E-state index contributed by atoms with van der Waals surface area (Å²) >= 11 is 0. The van der Waals surface area contributed by atoms with Crippen LogP contribution in [-0.2, 0) is 19.5 Å². The van der Waals surface area contributed by atoms with Crippen LogP contribution in [0.5, 0.6) is 0 Å². The zero-order valence-electron chi connectivity index (χ0n) is 13.5. The van der Waals surface area contributed by atoms with Gasteiger partial charge in [0.2, 0.25) is 0 Å². The summed E-state index contributed by atoms with van der Waals surface area (Å²) in [5.74, 6) is 0. The van der Waals surface area contributed by atoms with E-state index in [0.717, 1.165) is 19.5 Å². The van der Waals surface area contributed by atoms with Crippen LogP contribution in [0.4, 0.5) is 0 Å². The molecule has 0 unspecified atom stereocenters. The molecule has 3 rings (SSSR count). The van der Waals surface area contributed by atoms with Gasteiger partial charge in [-0.1, -0.05) is 36.4 Å². The molecule has 1 aliphatic rings. The second kappa shape index (κ2) is 5.63. The van der Waals surface area contributed by atoms with Crippen LogP contribution < -0.4 is 0 Å². The minimum atomic E-state index is 1.01. The lowest BCUT2D eigenvalue weighted by Gasteiger charge is -2.14. The molecule has 0 amide bonds. The first kappa shape index (κ1) is 14.3. The lowest BCUT2D eigenvalue weighted by atomic mass is 10.0. The fourth-order valence-corrected chi connectivity index (χ4v) is 3.35. The molecular weight excluding hydrogens is 256 g/mol. The van der Waals surface area contributed by atoms with Crippen molar-refractivity contribution >= 4 is 0 Å². The highest BCUT2D eigenvalue weighted by Crippen LogP contribution is 2.40. The van der Waals surface area contributed by atoms with Crippen LogP contribution in [0.25, 0.3) is 11.1 Å².